The van der Waals surface area contributed by atoms with E-state index >= 15 is 0 Å². The van der Waals surface area contributed by atoms with Crippen LogP contribution < -0.4 is 5.73 Å². The number of halogens is 1. The molecular weight excluding hydrogens is 484 g/mol. The Morgan fingerprint density at radius 3 is 2.75 bits per heavy atom. The quantitative estimate of drug-likeness (QED) is 0.400. The molecule has 11 nitrogen and oxygen atoms in total. The predicted molar refractivity (Wildman–Crippen MR) is 131 cm³/mol. The largest absolute Gasteiger partial charge is 0.371 e. The van der Waals surface area contributed by atoms with Gasteiger partial charge in [-0.05, 0) is 44.4 Å². The van der Waals surface area contributed by atoms with Crippen LogP contribution in [0.2, 0.25) is 5.02 Å². The second-order valence-corrected chi connectivity index (χ2v) is 9.11. The van der Waals surface area contributed by atoms with Gasteiger partial charge in [-0.2, -0.15) is 15.1 Å². The Labute approximate surface area is 211 Å². The van der Waals surface area contributed by atoms with Gasteiger partial charge < -0.3 is 20.3 Å². The second kappa shape index (κ2) is 9.22. The second-order valence-electron chi connectivity index (χ2n) is 8.70. The summed E-state index contributed by atoms with van der Waals surface area (Å²) in [4.78, 5) is 27.4. The van der Waals surface area contributed by atoms with Crippen LogP contribution in [0.25, 0.3) is 16.7 Å². The summed E-state index contributed by atoms with van der Waals surface area (Å²) in [5.74, 6) is 6.21. The smallest absolute Gasteiger partial charge is 0.275 e. The highest BCUT2D eigenvalue weighted by atomic mass is 35.5. The van der Waals surface area contributed by atoms with Crippen LogP contribution in [0, 0.1) is 18.8 Å². The van der Waals surface area contributed by atoms with Gasteiger partial charge in [0, 0.05) is 31.0 Å². The molecule has 1 fully saturated rings. The summed E-state index contributed by atoms with van der Waals surface area (Å²) >= 11 is 6.38. The standard InChI is InChI=1S/C24H23ClN8O3/c1-14-28-22(31-36-14)24(2,35)9-8-15-6-7-16-18(12-15)33(20-17(25)13-27-23(26)29-20)30-19(16)21(34)32-10-4-3-5-11-32/h6-7,12-13,35H,3-5,10-11H2,1-2H3,(H2,26,27,29)/t24-/m1/s1. The average Bonchev–Trinajstić information content (AvgIpc) is 3.48. The topological polar surface area (TPSA) is 149 Å². The molecule has 0 aliphatic carbocycles. The maximum Gasteiger partial charge on any atom is 0.275 e. The van der Waals surface area contributed by atoms with Crippen molar-refractivity contribution >= 4 is 34.4 Å². The zero-order valence-electron chi connectivity index (χ0n) is 19.7. The molecule has 184 valence electrons. The van der Waals surface area contributed by atoms with Gasteiger partial charge in [0.1, 0.15) is 5.02 Å². The molecule has 12 heteroatoms. The maximum absolute atomic E-state index is 13.4. The summed E-state index contributed by atoms with van der Waals surface area (Å²) < 4.78 is 6.42. The Morgan fingerprint density at radius 2 is 2.03 bits per heavy atom. The molecule has 1 aliphatic heterocycles. The third-order valence-electron chi connectivity index (χ3n) is 5.88. The number of carbonyl (C=O) groups is 1. The molecule has 3 aromatic heterocycles. The van der Waals surface area contributed by atoms with E-state index in [1.165, 1.54) is 17.8 Å². The lowest BCUT2D eigenvalue weighted by Gasteiger charge is -2.25. The number of hydrogen-bond acceptors (Lipinski definition) is 9. The number of amides is 1. The monoisotopic (exact) mass is 506 g/mol. The van der Waals surface area contributed by atoms with Gasteiger partial charge in [0.15, 0.2) is 17.1 Å². The fraction of sp³-hybridized carbons (Fsp3) is 0.333. The van der Waals surface area contributed by atoms with Crippen molar-refractivity contribution < 1.29 is 14.4 Å². The van der Waals surface area contributed by atoms with Crippen molar-refractivity contribution in [2.75, 3.05) is 18.8 Å². The van der Waals surface area contributed by atoms with Crippen LogP contribution in [0.1, 0.15) is 54.0 Å². The lowest BCUT2D eigenvalue weighted by atomic mass is 10.1. The lowest BCUT2D eigenvalue weighted by Crippen LogP contribution is -2.36. The minimum absolute atomic E-state index is 0.0179. The van der Waals surface area contributed by atoms with Crippen molar-refractivity contribution in [2.45, 2.75) is 38.7 Å². The van der Waals surface area contributed by atoms with Crippen LogP contribution in [0.3, 0.4) is 0 Å². The van der Waals surface area contributed by atoms with E-state index < -0.39 is 5.60 Å². The van der Waals surface area contributed by atoms with E-state index in [1.54, 1.807) is 25.1 Å². The number of aliphatic hydroxyl groups is 1. The van der Waals surface area contributed by atoms with E-state index in [-0.39, 0.29) is 34.2 Å². The van der Waals surface area contributed by atoms with Crippen LogP contribution in [-0.4, -0.2) is 58.9 Å². The van der Waals surface area contributed by atoms with Crippen molar-refractivity contribution in [1.29, 1.82) is 0 Å². The van der Waals surface area contributed by atoms with Crippen LogP contribution >= 0.6 is 11.6 Å². The predicted octanol–water partition coefficient (Wildman–Crippen LogP) is 2.63. The number of fused-ring (bicyclic) bond motifs is 1. The molecular formula is C24H23ClN8O3. The molecule has 3 N–H and O–H groups in total. The molecule has 1 aromatic carbocycles. The van der Waals surface area contributed by atoms with Gasteiger partial charge in [-0.25, -0.2) is 9.67 Å². The molecule has 1 amide bonds. The minimum Gasteiger partial charge on any atom is -0.371 e. The zero-order chi connectivity index (χ0) is 25.4. The van der Waals surface area contributed by atoms with Gasteiger partial charge in [-0.15, -0.1) is 0 Å². The van der Waals surface area contributed by atoms with Crippen molar-refractivity contribution in [1.82, 2.24) is 34.8 Å². The summed E-state index contributed by atoms with van der Waals surface area (Å²) in [5.41, 5.74) is 5.57. The Morgan fingerprint density at radius 1 is 1.25 bits per heavy atom. The van der Waals surface area contributed by atoms with Crippen LogP contribution in [0.5, 0.6) is 0 Å². The molecule has 1 aliphatic rings. The number of benzene rings is 1. The molecule has 0 saturated carbocycles. The van der Waals surface area contributed by atoms with Crippen molar-refractivity contribution in [3.63, 3.8) is 0 Å². The van der Waals surface area contributed by atoms with Crippen LogP contribution in [0.15, 0.2) is 28.9 Å². The number of nitrogens with zero attached hydrogens (tertiary/aromatic N) is 7. The highest BCUT2D eigenvalue weighted by Gasteiger charge is 2.27. The summed E-state index contributed by atoms with van der Waals surface area (Å²) in [7, 11) is 0. The first kappa shape index (κ1) is 23.7. The first-order valence-electron chi connectivity index (χ1n) is 11.4. The molecule has 0 spiro atoms. The minimum atomic E-state index is -1.63. The van der Waals surface area contributed by atoms with Gasteiger partial charge in [0.25, 0.3) is 5.91 Å². The number of rotatable bonds is 3. The van der Waals surface area contributed by atoms with Gasteiger partial charge >= 0.3 is 0 Å². The van der Waals surface area contributed by atoms with E-state index in [1.807, 2.05) is 4.90 Å². The maximum atomic E-state index is 13.4. The number of carbonyl (C=O) groups excluding carboxylic acids is 1. The molecule has 1 saturated heterocycles. The Balaban J connectivity index is 1.62. The number of nitrogens with two attached hydrogens (primary N) is 1. The summed E-state index contributed by atoms with van der Waals surface area (Å²) in [6.45, 7) is 4.47. The van der Waals surface area contributed by atoms with Gasteiger partial charge in [0.05, 0.1) is 11.7 Å². The molecule has 0 unspecified atom stereocenters. The normalized spacial score (nSPS) is 15.4. The highest BCUT2D eigenvalue weighted by Crippen LogP contribution is 2.28. The zero-order valence-corrected chi connectivity index (χ0v) is 20.5. The molecule has 36 heavy (non-hydrogen) atoms. The molecule has 1 atom stereocenters. The van der Waals surface area contributed by atoms with Gasteiger partial charge in [-0.1, -0.05) is 28.6 Å². The third-order valence-corrected chi connectivity index (χ3v) is 6.15. The average molecular weight is 507 g/mol. The van der Waals surface area contributed by atoms with E-state index in [0.717, 1.165) is 19.3 Å². The van der Waals surface area contributed by atoms with Gasteiger partial charge in [0.2, 0.25) is 17.7 Å². The molecule has 4 heterocycles. The van der Waals surface area contributed by atoms with Crippen molar-refractivity contribution in [3.8, 4) is 17.7 Å². The Kier molecular flexibility index (Phi) is 6.07. The van der Waals surface area contributed by atoms with Crippen molar-refractivity contribution in [2.24, 2.45) is 0 Å². The molecule has 5 rings (SSSR count). The SMILES string of the molecule is Cc1nc([C@](C)(O)C#Cc2ccc3c(C(=O)N4CCCCC4)nn(-c4nc(N)ncc4Cl)c3c2)no1. The number of hydrogen-bond donors (Lipinski definition) is 2. The highest BCUT2D eigenvalue weighted by molar-refractivity contribution is 6.32. The van der Waals surface area contributed by atoms with Crippen molar-refractivity contribution in [3.05, 3.63) is 52.4 Å². The van der Waals surface area contributed by atoms with Crippen LogP contribution in [0.4, 0.5) is 5.95 Å². The fourth-order valence-electron chi connectivity index (χ4n) is 4.03. The Hall–Kier alpha value is -4.01. The van der Waals surface area contributed by atoms with Crippen LogP contribution in [-0.2, 0) is 5.60 Å². The molecule has 0 radical (unpaired) electrons. The number of nitrogen functional groups attached to an aromatic ring is 1. The van der Waals surface area contributed by atoms with Gasteiger partial charge in [-0.3, -0.25) is 4.79 Å². The number of piperidine rings is 1. The summed E-state index contributed by atoms with van der Waals surface area (Å²) in [6.07, 6.45) is 4.40. The van der Waals surface area contributed by atoms with E-state index in [2.05, 4.69) is 37.0 Å². The molecule has 0 bridgehead atoms. The number of anilines is 1. The number of aromatic nitrogens is 6. The van der Waals surface area contributed by atoms with E-state index in [4.69, 9.17) is 21.9 Å². The van der Waals surface area contributed by atoms with E-state index in [9.17, 15) is 9.90 Å². The fourth-order valence-corrected chi connectivity index (χ4v) is 4.20. The first-order chi connectivity index (χ1) is 17.2. The third kappa shape index (κ3) is 4.48. The Bertz CT molecular complexity index is 1530. The number of likely N-dealkylation sites (tertiary alicyclic amines) is 1. The summed E-state index contributed by atoms with van der Waals surface area (Å²) in [6, 6.07) is 5.27. The molecule has 4 aromatic rings. The first-order valence-corrected chi connectivity index (χ1v) is 11.8. The summed E-state index contributed by atoms with van der Waals surface area (Å²) in [5, 5.41) is 19.9. The number of aryl methyl sites for hydroxylation is 1. The van der Waals surface area contributed by atoms with E-state index in [0.29, 0.717) is 35.4 Å². The lowest BCUT2D eigenvalue weighted by molar-refractivity contribution is 0.0719.